The number of rotatable bonds is 16. The molecule has 42 heavy (non-hydrogen) atoms. The number of aryl methyl sites for hydroxylation is 1. The van der Waals surface area contributed by atoms with Gasteiger partial charge in [-0.15, -0.1) is 0 Å². The molecule has 4 rings (SSSR count). The van der Waals surface area contributed by atoms with Crippen molar-refractivity contribution in [1.29, 1.82) is 0 Å². The molecule has 2 unspecified atom stereocenters. The maximum atomic E-state index is 14.1. The number of nitrogens with zero attached hydrogens (tertiary/aromatic N) is 4. The minimum absolute atomic E-state index is 0.167. The zero-order chi connectivity index (χ0) is 30.1. The molecule has 0 aliphatic rings. The molecule has 0 aliphatic heterocycles. The minimum atomic E-state index is -3.51. The molecule has 226 valence electrons. The molecule has 2 aromatic carbocycles. The highest BCUT2D eigenvalue weighted by Gasteiger charge is 2.30. The van der Waals surface area contributed by atoms with E-state index in [2.05, 4.69) is 4.98 Å². The van der Waals surface area contributed by atoms with Gasteiger partial charge in [0.25, 0.3) is 5.56 Å². The highest BCUT2D eigenvalue weighted by Crippen LogP contribution is 2.51. The lowest BCUT2D eigenvalue weighted by Crippen LogP contribution is -2.39. The number of imidazole rings is 1. The molecule has 0 saturated heterocycles. The Kier molecular flexibility index (Phi) is 11.1. The van der Waals surface area contributed by atoms with Crippen molar-refractivity contribution in [3.05, 3.63) is 99.0 Å². The first-order valence-electron chi connectivity index (χ1n) is 14.5. The molecule has 2 atom stereocenters. The second-order valence-electron chi connectivity index (χ2n) is 10.6. The number of fused-ring (bicyclic) bond motifs is 1. The van der Waals surface area contributed by atoms with Crippen LogP contribution in [0, 0.1) is 0 Å². The molecule has 0 spiro atoms. The van der Waals surface area contributed by atoms with E-state index < -0.39 is 18.8 Å². The van der Waals surface area contributed by atoms with Crippen molar-refractivity contribution in [1.82, 2.24) is 18.7 Å². The maximum absolute atomic E-state index is 14.1. The van der Waals surface area contributed by atoms with Crippen LogP contribution in [-0.4, -0.2) is 43.7 Å². The fourth-order valence-corrected chi connectivity index (χ4v) is 7.14. The van der Waals surface area contributed by atoms with Gasteiger partial charge in [-0.3, -0.25) is 18.5 Å². The first-order chi connectivity index (χ1) is 20.2. The molecule has 0 N–H and O–H groups in total. The van der Waals surface area contributed by atoms with Gasteiger partial charge < -0.3 is 18.4 Å². The second kappa shape index (κ2) is 14.7. The van der Waals surface area contributed by atoms with Crippen LogP contribution in [0.1, 0.15) is 44.7 Å². The normalized spacial score (nSPS) is 14.6. The molecular formula is C31H41N4O6P. The summed E-state index contributed by atoms with van der Waals surface area (Å²) in [4.78, 5) is 30.5. The van der Waals surface area contributed by atoms with Gasteiger partial charge in [-0.1, -0.05) is 60.7 Å². The van der Waals surface area contributed by atoms with Crippen LogP contribution in [0.5, 0.6) is 0 Å². The monoisotopic (exact) mass is 596 g/mol. The summed E-state index contributed by atoms with van der Waals surface area (Å²) in [6.45, 7) is 6.48. The lowest BCUT2D eigenvalue weighted by Gasteiger charge is -2.26. The summed E-state index contributed by atoms with van der Waals surface area (Å²) >= 11 is 0. The lowest BCUT2D eigenvalue weighted by atomic mass is 10.1. The Bertz CT molecular complexity index is 1550. The van der Waals surface area contributed by atoms with Gasteiger partial charge in [0.15, 0.2) is 11.2 Å². The summed E-state index contributed by atoms with van der Waals surface area (Å²) in [6, 6.07) is 19.8. The van der Waals surface area contributed by atoms with Crippen molar-refractivity contribution in [2.75, 3.05) is 12.8 Å². The van der Waals surface area contributed by atoms with Crippen LogP contribution < -0.4 is 11.2 Å². The van der Waals surface area contributed by atoms with E-state index in [0.29, 0.717) is 43.5 Å². The molecule has 4 aromatic rings. The first kappa shape index (κ1) is 31.6. The van der Waals surface area contributed by atoms with Crippen LogP contribution in [0.15, 0.2) is 76.6 Å². The van der Waals surface area contributed by atoms with Crippen molar-refractivity contribution < 1.29 is 18.3 Å². The van der Waals surface area contributed by atoms with Crippen LogP contribution in [0.4, 0.5) is 0 Å². The van der Waals surface area contributed by atoms with E-state index in [4.69, 9.17) is 13.8 Å². The Balaban J connectivity index is 1.46. The van der Waals surface area contributed by atoms with Crippen LogP contribution in [0.3, 0.4) is 0 Å². The number of aromatic nitrogens is 4. The predicted molar refractivity (Wildman–Crippen MR) is 164 cm³/mol. The van der Waals surface area contributed by atoms with Gasteiger partial charge in [-0.05, 0) is 57.6 Å². The molecule has 2 heterocycles. The Labute approximate surface area is 246 Å². The third kappa shape index (κ3) is 8.16. The van der Waals surface area contributed by atoms with E-state index in [1.165, 1.54) is 15.5 Å². The average Bonchev–Trinajstić information content (AvgIpc) is 3.39. The van der Waals surface area contributed by atoms with Crippen molar-refractivity contribution >= 4 is 18.8 Å². The SMILES string of the molecule is CCOCn1cnc2c1c(=O)n(CCCCP(=O)(OC(C)Cc1ccccc1)OC(C)Cc1ccccc1)c(=O)n2C. The summed E-state index contributed by atoms with van der Waals surface area (Å²) in [6.07, 6.45) is 3.10. The van der Waals surface area contributed by atoms with Gasteiger partial charge >= 0.3 is 13.3 Å². The second-order valence-corrected chi connectivity index (χ2v) is 12.7. The number of benzene rings is 2. The summed E-state index contributed by atoms with van der Waals surface area (Å²) < 4.78 is 36.0. The quantitative estimate of drug-likeness (QED) is 0.130. The highest BCUT2D eigenvalue weighted by molar-refractivity contribution is 7.53. The molecule has 0 amide bonds. The maximum Gasteiger partial charge on any atom is 0.332 e. The van der Waals surface area contributed by atoms with E-state index in [0.717, 1.165) is 11.1 Å². The topological polar surface area (TPSA) is 107 Å². The Morgan fingerprint density at radius 2 is 1.45 bits per heavy atom. The molecule has 0 radical (unpaired) electrons. The minimum Gasteiger partial charge on any atom is -0.361 e. The summed E-state index contributed by atoms with van der Waals surface area (Å²) in [5.74, 6) is 0. The van der Waals surface area contributed by atoms with E-state index >= 15 is 0 Å². The number of hydrogen-bond acceptors (Lipinski definition) is 7. The Morgan fingerprint density at radius 3 is 2.00 bits per heavy atom. The number of ether oxygens (including phenoxy) is 1. The fourth-order valence-electron chi connectivity index (χ4n) is 5.03. The van der Waals surface area contributed by atoms with E-state index in [1.54, 1.807) is 11.6 Å². The molecule has 0 saturated carbocycles. The molecule has 0 bridgehead atoms. The number of hydrogen-bond donors (Lipinski definition) is 0. The van der Waals surface area contributed by atoms with Crippen molar-refractivity contribution in [3.8, 4) is 0 Å². The van der Waals surface area contributed by atoms with Crippen molar-refractivity contribution in [3.63, 3.8) is 0 Å². The van der Waals surface area contributed by atoms with E-state index in [9.17, 15) is 14.2 Å². The van der Waals surface area contributed by atoms with Gasteiger partial charge in [0, 0.05) is 20.2 Å². The third-order valence-electron chi connectivity index (χ3n) is 7.01. The largest absolute Gasteiger partial charge is 0.361 e. The van der Waals surface area contributed by atoms with Crippen molar-refractivity contribution in [2.24, 2.45) is 7.05 Å². The van der Waals surface area contributed by atoms with Gasteiger partial charge in [-0.2, -0.15) is 0 Å². The molecule has 0 aliphatic carbocycles. The van der Waals surface area contributed by atoms with Crippen LogP contribution in [-0.2, 0) is 51.5 Å². The highest BCUT2D eigenvalue weighted by atomic mass is 31.2. The number of unbranched alkanes of at least 4 members (excludes halogenated alkanes) is 1. The zero-order valence-corrected chi connectivity index (χ0v) is 25.7. The fraction of sp³-hybridized carbons (Fsp3) is 0.452. The summed E-state index contributed by atoms with van der Waals surface area (Å²) in [5, 5.41) is 0. The smallest absolute Gasteiger partial charge is 0.332 e. The Hall–Kier alpha value is -3.30. The third-order valence-corrected chi connectivity index (χ3v) is 9.24. The lowest BCUT2D eigenvalue weighted by molar-refractivity contribution is 0.0903. The first-order valence-corrected chi connectivity index (χ1v) is 16.2. The van der Waals surface area contributed by atoms with Crippen LogP contribution >= 0.6 is 7.60 Å². The molecule has 11 heteroatoms. The van der Waals surface area contributed by atoms with Gasteiger partial charge in [0.2, 0.25) is 0 Å². The standard InChI is InChI=1S/C31H41N4O6P/c1-5-39-23-34-22-32-29-28(34)30(36)35(31(37)33(29)4)18-12-13-19-42(38,40-24(2)20-26-14-8-6-9-15-26)41-25(3)21-27-16-10-7-11-17-27/h6-11,14-17,22,24-25H,5,12-13,18-21,23H2,1-4H3. The van der Waals surface area contributed by atoms with Crippen LogP contribution in [0.2, 0.25) is 0 Å². The molecule has 2 aromatic heterocycles. The molecule has 10 nitrogen and oxygen atoms in total. The van der Waals surface area contributed by atoms with Crippen molar-refractivity contribution in [2.45, 2.75) is 71.9 Å². The Morgan fingerprint density at radius 1 is 0.881 bits per heavy atom. The van der Waals surface area contributed by atoms with Gasteiger partial charge in [0.05, 0.1) is 24.7 Å². The van der Waals surface area contributed by atoms with E-state index in [1.807, 2.05) is 81.4 Å². The van der Waals surface area contributed by atoms with E-state index in [-0.39, 0.29) is 31.6 Å². The van der Waals surface area contributed by atoms with Crippen LogP contribution in [0.25, 0.3) is 11.2 Å². The summed E-state index contributed by atoms with van der Waals surface area (Å²) in [7, 11) is -1.92. The average molecular weight is 597 g/mol. The summed E-state index contributed by atoms with van der Waals surface area (Å²) in [5.41, 5.74) is 1.93. The molecule has 0 fully saturated rings. The van der Waals surface area contributed by atoms with Gasteiger partial charge in [0.1, 0.15) is 6.73 Å². The predicted octanol–water partition coefficient (Wildman–Crippen LogP) is 5.16. The van der Waals surface area contributed by atoms with Gasteiger partial charge in [-0.25, -0.2) is 9.78 Å². The zero-order valence-electron chi connectivity index (χ0n) is 24.8. The molecular weight excluding hydrogens is 555 g/mol.